The van der Waals surface area contributed by atoms with Crippen LogP contribution in [0, 0.1) is 0 Å². The molecule has 1 heterocycles. The number of carbonyl (C=O) groups excluding carboxylic acids is 1. The molecule has 0 aliphatic heterocycles. The molecule has 1 amide bonds. The van der Waals surface area contributed by atoms with Crippen LogP contribution >= 0.6 is 10.7 Å². The Morgan fingerprint density at radius 1 is 1.35 bits per heavy atom. The largest absolute Gasteiger partial charge is 0.350 e. The molecule has 0 aliphatic carbocycles. The van der Waals surface area contributed by atoms with Crippen molar-refractivity contribution >= 4 is 35.5 Å². The molecule has 0 fully saturated rings. The summed E-state index contributed by atoms with van der Waals surface area (Å²) in [6, 6.07) is 1.15. The summed E-state index contributed by atoms with van der Waals surface area (Å²) < 4.78 is 45.8. The lowest BCUT2D eigenvalue weighted by Gasteiger charge is -2.06. The number of hydrogen-bond acceptors (Lipinski definition) is 5. The van der Waals surface area contributed by atoms with Gasteiger partial charge < -0.3 is 9.88 Å². The van der Waals surface area contributed by atoms with Gasteiger partial charge in [-0.2, -0.15) is 0 Å². The van der Waals surface area contributed by atoms with E-state index in [0.717, 1.165) is 12.3 Å². The quantitative estimate of drug-likeness (QED) is 0.744. The van der Waals surface area contributed by atoms with E-state index >= 15 is 0 Å². The molecule has 0 unspecified atom stereocenters. The maximum absolute atomic E-state index is 11.9. The highest BCUT2D eigenvalue weighted by atomic mass is 35.7. The van der Waals surface area contributed by atoms with Crippen molar-refractivity contribution in [3.8, 4) is 0 Å². The summed E-state index contributed by atoms with van der Waals surface area (Å²) in [5, 5.41) is 2.42. The summed E-state index contributed by atoms with van der Waals surface area (Å²) in [5.41, 5.74) is 0.111. The van der Waals surface area contributed by atoms with Crippen molar-refractivity contribution in [2.24, 2.45) is 0 Å². The van der Waals surface area contributed by atoms with Crippen LogP contribution in [0.15, 0.2) is 17.2 Å². The van der Waals surface area contributed by atoms with Gasteiger partial charge in [-0.25, -0.2) is 16.8 Å². The highest BCUT2D eigenvalue weighted by Gasteiger charge is 2.19. The van der Waals surface area contributed by atoms with Crippen LogP contribution in [0.25, 0.3) is 0 Å². The lowest BCUT2D eigenvalue weighted by Crippen LogP contribution is -2.30. The van der Waals surface area contributed by atoms with Gasteiger partial charge in [0.1, 0.15) is 20.4 Å². The van der Waals surface area contributed by atoms with Crippen LogP contribution < -0.4 is 5.32 Å². The standard InChI is InChI=1S/C10H15ClN2O5S2/c1-3-13-7-8(20(11,17)18)6-9(13)10(14)12-4-5-19(2,15)16/h6-7H,3-5H2,1-2H3,(H,12,14). The number of aromatic nitrogens is 1. The molecule has 0 saturated heterocycles. The highest BCUT2D eigenvalue weighted by molar-refractivity contribution is 8.13. The molecule has 0 bridgehead atoms. The van der Waals surface area contributed by atoms with Crippen molar-refractivity contribution in [2.45, 2.75) is 18.4 Å². The molecule has 1 aromatic rings. The number of halogens is 1. The molecular weight excluding hydrogens is 328 g/mol. The first-order valence-electron chi connectivity index (χ1n) is 5.65. The Morgan fingerprint density at radius 3 is 2.40 bits per heavy atom. The number of nitrogens with one attached hydrogen (secondary N) is 1. The zero-order chi connectivity index (χ0) is 15.6. The number of aryl methyl sites for hydroxylation is 1. The number of rotatable bonds is 6. The maximum Gasteiger partial charge on any atom is 0.267 e. The summed E-state index contributed by atoms with van der Waals surface area (Å²) in [4.78, 5) is 11.7. The number of nitrogens with zero attached hydrogens (tertiary/aromatic N) is 1. The van der Waals surface area contributed by atoms with Crippen molar-refractivity contribution in [1.82, 2.24) is 9.88 Å². The van der Waals surface area contributed by atoms with Gasteiger partial charge in [-0.3, -0.25) is 4.79 Å². The zero-order valence-electron chi connectivity index (χ0n) is 11.0. The minimum Gasteiger partial charge on any atom is -0.350 e. The predicted molar refractivity (Wildman–Crippen MR) is 75.2 cm³/mol. The molecule has 0 aliphatic rings. The Bertz CT molecular complexity index is 706. The third-order valence-electron chi connectivity index (χ3n) is 2.48. The van der Waals surface area contributed by atoms with E-state index in [0.29, 0.717) is 6.54 Å². The van der Waals surface area contributed by atoms with E-state index < -0.39 is 24.8 Å². The molecule has 114 valence electrons. The molecule has 0 aromatic carbocycles. The molecule has 1 N–H and O–H groups in total. The van der Waals surface area contributed by atoms with Crippen LogP contribution in [0.5, 0.6) is 0 Å². The molecule has 7 nitrogen and oxygen atoms in total. The molecule has 1 aromatic heterocycles. The van der Waals surface area contributed by atoms with Crippen molar-refractivity contribution in [1.29, 1.82) is 0 Å². The summed E-state index contributed by atoms with van der Waals surface area (Å²) in [6.45, 7) is 2.06. The zero-order valence-corrected chi connectivity index (χ0v) is 13.3. The summed E-state index contributed by atoms with van der Waals surface area (Å²) in [5.74, 6) is -0.742. The van der Waals surface area contributed by atoms with Crippen LogP contribution in [-0.2, 0) is 25.4 Å². The van der Waals surface area contributed by atoms with E-state index in [1.807, 2.05) is 0 Å². The van der Waals surface area contributed by atoms with Gasteiger partial charge >= 0.3 is 0 Å². The first-order chi connectivity index (χ1) is 9.04. The van der Waals surface area contributed by atoms with Crippen molar-refractivity contribution in [3.63, 3.8) is 0 Å². The fourth-order valence-electron chi connectivity index (χ4n) is 1.51. The Morgan fingerprint density at radius 2 is 1.95 bits per heavy atom. The number of sulfone groups is 1. The molecule has 1 rings (SSSR count). The van der Waals surface area contributed by atoms with Crippen LogP contribution in [0.1, 0.15) is 17.4 Å². The molecule has 20 heavy (non-hydrogen) atoms. The van der Waals surface area contributed by atoms with Crippen LogP contribution in [-0.4, -0.2) is 45.9 Å². The van der Waals surface area contributed by atoms with Gasteiger partial charge in [-0.1, -0.05) is 0 Å². The van der Waals surface area contributed by atoms with Gasteiger partial charge in [0.15, 0.2) is 0 Å². The van der Waals surface area contributed by atoms with Crippen molar-refractivity contribution in [3.05, 3.63) is 18.0 Å². The second kappa shape index (κ2) is 6.15. The minimum absolute atomic E-state index is 0.0461. The molecular formula is C10H15ClN2O5S2. The molecule has 10 heteroatoms. The smallest absolute Gasteiger partial charge is 0.267 e. The Kier molecular flexibility index (Phi) is 5.22. The van der Waals surface area contributed by atoms with Gasteiger partial charge in [0.25, 0.3) is 15.0 Å². The average Bonchev–Trinajstić information content (AvgIpc) is 2.70. The summed E-state index contributed by atoms with van der Waals surface area (Å²) in [7, 11) is -1.87. The Balaban J connectivity index is 2.90. The SMILES string of the molecule is CCn1cc(S(=O)(=O)Cl)cc1C(=O)NCCS(C)(=O)=O. The summed E-state index contributed by atoms with van der Waals surface area (Å²) in [6.07, 6.45) is 2.32. The van der Waals surface area contributed by atoms with E-state index in [1.165, 1.54) is 10.8 Å². The van der Waals surface area contributed by atoms with Crippen LogP contribution in [0.4, 0.5) is 0 Å². The van der Waals surface area contributed by atoms with Gasteiger partial charge in [0.2, 0.25) is 0 Å². The number of carbonyl (C=O) groups is 1. The lowest BCUT2D eigenvalue weighted by molar-refractivity contribution is 0.0947. The molecule has 0 saturated carbocycles. The van der Waals surface area contributed by atoms with Gasteiger partial charge in [-0.05, 0) is 13.0 Å². The number of amides is 1. The monoisotopic (exact) mass is 342 g/mol. The van der Waals surface area contributed by atoms with E-state index in [-0.39, 0.29) is 22.9 Å². The van der Waals surface area contributed by atoms with Gasteiger partial charge in [-0.15, -0.1) is 0 Å². The highest BCUT2D eigenvalue weighted by Crippen LogP contribution is 2.18. The van der Waals surface area contributed by atoms with Crippen molar-refractivity contribution < 1.29 is 21.6 Å². The molecule has 0 spiro atoms. The Labute approximate surface area is 122 Å². The van der Waals surface area contributed by atoms with Crippen LogP contribution in [0.3, 0.4) is 0 Å². The van der Waals surface area contributed by atoms with E-state index in [4.69, 9.17) is 10.7 Å². The van der Waals surface area contributed by atoms with E-state index in [9.17, 15) is 21.6 Å². The van der Waals surface area contributed by atoms with Gasteiger partial charge in [0.05, 0.1) is 5.75 Å². The van der Waals surface area contributed by atoms with E-state index in [2.05, 4.69) is 5.32 Å². The van der Waals surface area contributed by atoms with Crippen molar-refractivity contribution in [2.75, 3.05) is 18.6 Å². The normalized spacial score (nSPS) is 12.3. The van der Waals surface area contributed by atoms with E-state index in [1.54, 1.807) is 6.92 Å². The second-order valence-corrected chi connectivity index (χ2v) is 9.00. The van der Waals surface area contributed by atoms with Crippen LogP contribution in [0.2, 0.25) is 0 Å². The molecule has 0 radical (unpaired) electrons. The second-order valence-electron chi connectivity index (χ2n) is 4.17. The predicted octanol–water partition coefficient (Wildman–Crippen LogP) is 0.210. The fraction of sp³-hybridized carbons (Fsp3) is 0.500. The third-order valence-corrected chi connectivity index (χ3v) is 4.75. The Hall–Kier alpha value is -1.06. The third kappa shape index (κ3) is 4.80. The molecule has 0 atom stereocenters. The topological polar surface area (TPSA) is 102 Å². The lowest BCUT2D eigenvalue weighted by atomic mass is 10.4. The number of hydrogen-bond donors (Lipinski definition) is 1. The minimum atomic E-state index is -3.92. The average molecular weight is 343 g/mol. The van der Waals surface area contributed by atoms with Gasteiger partial charge in [0, 0.05) is 36.2 Å². The summed E-state index contributed by atoms with van der Waals surface area (Å²) >= 11 is 0. The first kappa shape index (κ1) is 17.0. The fourth-order valence-corrected chi connectivity index (χ4v) is 2.74. The maximum atomic E-state index is 11.9. The first-order valence-corrected chi connectivity index (χ1v) is 10.0.